The third-order valence-corrected chi connectivity index (χ3v) is 5.54. The first-order chi connectivity index (χ1) is 15.3. The van der Waals surface area contributed by atoms with Gasteiger partial charge in [0.15, 0.2) is 0 Å². The Labute approximate surface area is 175 Å². The van der Waals surface area contributed by atoms with Gasteiger partial charge in [-0.1, -0.05) is 36.3 Å². The Morgan fingerprint density at radius 2 is 2.00 bits per heavy atom. The van der Waals surface area contributed by atoms with Gasteiger partial charge in [-0.25, -0.2) is 9.55 Å². The van der Waals surface area contributed by atoms with Gasteiger partial charge in [0.05, 0.1) is 24.2 Å². The number of benzene rings is 1. The van der Waals surface area contributed by atoms with Gasteiger partial charge >= 0.3 is 6.85 Å². The van der Waals surface area contributed by atoms with E-state index in [-0.39, 0.29) is 6.85 Å². The van der Waals surface area contributed by atoms with E-state index in [1.54, 1.807) is 12.3 Å². The fourth-order valence-corrected chi connectivity index (χ4v) is 4.14. The van der Waals surface area contributed by atoms with Crippen LogP contribution in [0.5, 0.6) is 0 Å². The van der Waals surface area contributed by atoms with Crippen molar-refractivity contribution < 1.29 is 13.1 Å². The van der Waals surface area contributed by atoms with E-state index in [1.165, 1.54) is 0 Å². The molecular weight excluding hydrogens is 357 g/mol. The van der Waals surface area contributed by atoms with Crippen molar-refractivity contribution in [3.05, 3.63) is 78.0 Å². The third-order valence-electron chi connectivity index (χ3n) is 5.54. The van der Waals surface area contributed by atoms with E-state index in [9.17, 15) is 0 Å². The van der Waals surface area contributed by atoms with Crippen LogP contribution in [-0.2, 0) is 7.05 Å². The van der Waals surface area contributed by atoms with Gasteiger partial charge < -0.3 is 4.42 Å². The van der Waals surface area contributed by atoms with Crippen LogP contribution in [0.1, 0.15) is 22.1 Å². The third kappa shape index (κ3) is 2.77. The molecule has 0 bridgehead atoms. The Morgan fingerprint density at radius 1 is 1.17 bits per heavy atom. The number of aryl methyl sites for hydroxylation is 2. The number of pyridine rings is 2. The molecule has 5 heteroatoms. The van der Waals surface area contributed by atoms with Crippen molar-refractivity contribution in [1.82, 2.24) is 4.98 Å². The number of allylic oxidation sites excluding steroid dienone is 1. The number of hydrogen-bond donors (Lipinski definition) is 0. The maximum absolute atomic E-state index is 8.11. The molecule has 0 saturated heterocycles. The average molecular weight is 383 g/mol. The molecule has 29 heavy (non-hydrogen) atoms. The highest BCUT2D eigenvalue weighted by Gasteiger charge is 2.39. The minimum atomic E-state index is -2.25. The first kappa shape index (κ1) is 14.6. The number of rotatable bonds is 2. The Balaban J connectivity index is 1.72. The van der Waals surface area contributed by atoms with Crippen LogP contribution < -0.4 is 9.38 Å². The Bertz CT molecular complexity index is 1360. The van der Waals surface area contributed by atoms with Gasteiger partial charge in [0.1, 0.15) is 0 Å². The van der Waals surface area contributed by atoms with Crippen LogP contribution in [0.15, 0.2) is 71.3 Å². The molecule has 4 nitrogen and oxygen atoms in total. The molecule has 3 aromatic heterocycles. The lowest BCUT2D eigenvalue weighted by molar-refractivity contribution is -0.657. The topological polar surface area (TPSA) is 33.2 Å². The van der Waals surface area contributed by atoms with Crippen LogP contribution in [0.3, 0.4) is 0 Å². The molecule has 0 fully saturated rings. The van der Waals surface area contributed by atoms with Crippen LogP contribution in [-0.4, -0.2) is 11.8 Å². The van der Waals surface area contributed by atoms with Gasteiger partial charge in [0.25, 0.3) is 11.7 Å². The zero-order valence-corrected chi connectivity index (χ0v) is 16.7. The quantitative estimate of drug-likeness (QED) is 0.346. The average Bonchev–Trinajstić information content (AvgIpc) is 3.14. The largest absolute Gasteiger partial charge is 0.406 e. The van der Waals surface area contributed by atoms with Crippen LogP contribution in [0.25, 0.3) is 27.8 Å². The monoisotopic (exact) mass is 383 g/mol. The van der Waals surface area contributed by atoms with E-state index >= 15 is 0 Å². The van der Waals surface area contributed by atoms with Crippen molar-refractivity contribution in [2.24, 2.45) is 7.05 Å². The number of hydrogen-bond acceptors (Lipinski definition) is 3. The smallest absolute Gasteiger partial charge is 0.404 e. The summed E-state index contributed by atoms with van der Waals surface area (Å²) < 4.78 is 32.6. The molecule has 4 aromatic rings. The fraction of sp³-hybridized carbons (Fsp3) is 0.167. The molecule has 0 radical (unpaired) electrons. The summed E-state index contributed by atoms with van der Waals surface area (Å²) in [5, 5.41) is 0.710. The van der Waals surface area contributed by atoms with Crippen molar-refractivity contribution in [3.63, 3.8) is 0 Å². The maximum atomic E-state index is 8.11. The molecule has 1 aliphatic heterocycles. The predicted molar refractivity (Wildman–Crippen MR) is 119 cm³/mol. The van der Waals surface area contributed by atoms with Crippen LogP contribution in [0.4, 0.5) is 11.7 Å². The molecule has 142 valence electrons. The highest BCUT2D eigenvalue weighted by molar-refractivity contribution is 6.70. The second-order valence-electron chi connectivity index (χ2n) is 7.53. The van der Waals surface area contributed by atoms with E-state index in [4.69, 9.17) is 8.53 Å². The molecule has 0 unspecified atom stereocenters. The van der Waals surface area contributed by atoms with E-state index in [0.717, 1.165) is 22.5 Å². The number of fused-ring (bicyclic) bond motifs is 3. The van der Waals surface area contributed by atoms with E-state index in [0.29, 0.717) is 28.1 Å². The van der Waals surface area contributed by atoms with E-state index in [1.807, 2.05) is 48.9 Å². The lowest BCUT2D eigenvalue weighted by Crippen LogP contribution is -2.44. The number of anilines is 2. The standard InChI is InChI=1S/C24H23BN3O/c1-16-13-21(27(4)15-20(16)18-9-6-5-7-10-18)28-24-22(17(2)14-25(28)3)19-11-8-12-26-23(19)29-24/h5-15H,1-4H3/q+1/i2D3. The van der Waals surface area contributed by atoms with Gasteiger partial charge in [-0.2, -0.15) is 0 Å². The molecule has 4 heterocycles. The van der Waals surface area contributed by atoms with Gasteiger partial charge in [0, 0.05) is 21.9 Å². The Kier molecular flexibility index (Phi) is 3.34. The molecule has 0 atom stereocenters. The molecule has 0 amide bonds. The molecule has 1 aliphatic rings. The molecule has 1 aromatic carbocycles. The molecule has 0 spiro atoms. The summed E-state index contributed by atoms with van der Waals surface area (Å²) in [4.78, 5) is 6.39. The van der Waals surface area contributed by atoms with E-state index in [2.05, 4.69) is 40.9 Å². The summed E-state index contributed by atoms with van der Waals surface area (Å²) in [7, 11) is 2.00. The summed E-state index contributed by atoms with van der Waals surface area (Å²) in [6, 6.07) is 16.1. The van der Waals surface area contributed by atoms with Crippen molar-refractivity contribution in [2.45, 2.75) is 20.6 Å². The van der Waals surface area contributed by atoms with Crippen LogP contribution in [0.2, 0.25) is 6.82 Å². The van der Waals surface area contributed by atoms with E-state index < -0.39 is 6.85 Å². The van der Waals surface area contributed by atoms with Crippen LogP contribution >= 0.6 is 0 Å². The summed E-state index contributed by atoms with van der Waals surface area (Å²) in [6.45, 7) is 1.60. The number of nitrogens with zero attached hydrogens (tertiary/aromatic N) is 3. The van der Waals surface area contributed by atoms with Gasteiger partial charge in [-0.05, 0) is 49.4 Å². The second kappa shape index (κ2) is 6.62. The zero-order valence-electron chi connectivity index (χ0n) is 19.7. The van der Waals surface area contributed by atoms with Crippen molar-refractivity contribution in [3.8, 4) is 11.1 Å². The molecule has 5 rings (SSSR count). The zero-order chi connectivity index (χ0) is 22.6. The highest BCUT2D eigenvalue weighted by Crippen LogP contribution is 2.43. The Hall–Kier alpha value is -3.34. The SMILES string of the molecule is [2H]C([2H])([2H])C1=CB(C)N(c2cc(C)c(-c3ccccc3)c[n+]2C)c2oc3ncccc3c21. The summed E-state index contributed by atoms with van der Waals surface area (Å²) in [5.41, 5.74) is 4.76. The first-order valence-corrected chi connectivity index (χ1v) is 9.71. The molecular formula is C24H23BN3O+. The minimum Gasteiger partial charge on any atom is -0.404 e. The minimum absolute atomic E-state index is 0.216. The van der Waals surface area contributed by atoms with Gasteiger partial charge in [-0.3, -0.25) is 4.81 Å². The summed E-state index contributed by atoms with van der Waals surface area (Å²) in [5.74, 6) is 3.25. The molecule has 0 N–H and O–H groups in total. The fourth-order valence-electron chi connectivity index (χ4n) is 4.14. The maximum Gasteiger partial charge on any atom is 0.406 e. The second-order valence-corrected chi connectivity index (χ2v) is 7.53. The van der Waals surface area contributed by atoms with Gasteiger partial charge in [-0.15, -0.1) is 0 Å². The predicted octanol–water partition coefficient (Wildman–Crippen LogP) is 5.34. The number of furan rings is 1. The normalized spacial score (nSPS) is 15.6. The summed E-state index contributed by atoms with van der Waals surface area (Å²) >= 11 is 0. The van der Waals surface area contributed by atoms with Crippen molar-refractivity contribution in [2.75, 3.05) is 4.81 Å². The molecule has 0 aliphatic carbocycles. The Morgan fingerprint density at radius 3 is 2.79 bits per heavy atom. The highest BCUT2D eigenvalue weighted by atomic mass is 16.4. The number of aromatic nitrogens is 2. The van der Waals surface area contributed by atoms with Crippen molar-refractivity contribution in [1.29, 1.82) is 0 Å². The summed E-state index contributed by atoms with van der Waals surface area (Å²) in [6.07, 6.45) is 3.76. The lowest BCUT2D eigenvalue weighted by Gasteiger charge is -2.24. The first-order valence-electron chi connectivity index (χ1n) is 11.2. The lowest BCUT2D eigenvalue weighted by atomic mass is 9.59. The van der Waals surface area contributed by atoms with Crippen molar-refractivity contribution >= 4 is 35.2 Å². The molecule has 0 saturated carbocycles. The van der Waals surface area contributed by atoms with Gasteiger partial charge in [0.2, 0.25) is 5.71 Å². The van der Waals surface area contributed by atoms with Crippen LogP contribution in [0, 0.1) is 6.92 Å².